The molecule has 2 atom stereocenters. The van der Waals surface area contributed by atoms with Crippen molar-refractivity contribution in [2.24, 2.45) is 5.92 Å². The number of nitrogens with zero attached hydrogens (tertiary/aromatic N) is 2. The molecule has 2 fully saturated rings. The highest BCUT2D eigenvalue weighted by Crippen LogP contribution is 2.35. The van der Waals surface area contributed by atoms with E-state index in [2.05, 4.69) is 20.5 Å². The number of rotatable bonds is 13. The van der Waals surface area contributed by atoms with Crippen LogP contribution >= 0.6 is 0 Å². The lowest BCUT2D eigenvalue weighted by Crippen LogP contribution is -2.54. The number of nitrogens with one attached hydrogen (secondary N) is 3. The van der Waals surface area contributed by atoms with Gasteiger partial charge in [-0.2, -0.15) is 8.78 Å². The van der Waals surface area contributed by atoms with Crippen molar-refractivity contribution in [3.05, 3.63) is 59.4 Å². The van der Waals surface area contributed by atoms with Crippen LogP contribution in [0, 0.1) is 11.7 Å². The Kier molecular flexibility index (Phi) is 13.0. The van der Waals surface area contributed by atoms with E-state index in [0.717, 1.165) is 31.4 Å². The van der Waals surface area contributed by atoms with Crippen molar-refractivity contribution in [3.63, 3.8) is 0 Å². The number of carbonyl (C=O) groups is 4. The Morgan fingerprint density at radius 1 is 1.02 bits per heavy atom. The molecule has 0 bridgehead atoms. The second-order valence-electron chi connectivity index (χ2n) is 12.4. The highest BCUT2D eigenvalue weighted by molar-refractivity contribution is 6.46. The number of alkyl halides is 2. The second-order valence-corrected chi connectivity index (χ2v) is 13.6. The fourth-order valence-electron chi connectivity index (χ4n) is 6.01. The van der Waals surface area contributed by atoms with Crippen molar-refractivity contribution in [3.8, 4) is 5.75 Å². The van der Waals surface area contributed by atoms with Gasteiger partial charge in [0, 0.05) is 44.6 Å². The number of amides is 4. The second kappa shape index (κ2) is 17.0. The lowest BCUT2D eigenvalue weighted by Gasteiger charge is -2.34. The molecule has 48 heavy (non-hydrogen) atoms. The van der Waals surface area contributed by atoms with Crippen LogP contribution in [-0.4, -0.2) is 89.5 Å². The van der Waals surface area contributed by atoms with Crippen LogP contribution in [0.15, 0.2) is 42.5 Å². The topological polar surface area (TPSA) is 120 Å². The van der Waals surface area contributed by atoms with E-state index >= 15 is 13.2 Å². The Labute approximate surface area is 282 Å². The maximum absolute atomic E-state index is 15.4. The molecule has 2 aromatic carbocycles. The normalized spacial score (nSPS) is 17.2. The molecule has 0 spiro atoms. The van der Waals surface area contributed by atoms with Gasteiger partial charge in [-0.05, 0) is 55.6 Å². The predicted molar refractivity (Wildman–Crippen MR) is 176 cm³/mol. The molecule has 1 heterocycles. The van der Waals surface area contributed by atoms with E-state index in [0.29, 0.717) is 44.6 Å². The van der Waals surface area contributed by atoms with Gasteiger partial charge in [-0.25, -0.2) is 4.39 Å². The largest absolute Gasteiger partial charge is 0.497 e. The molecular weight excluding hydrogens is 643 g/mol. The highest BCUT2D eigenvalue weighted by Gasteiger charge is 2.42. The molecule has 1 saturated carbocycles. The molecule has 4 rings (SSSR count). The smallest absolute Gasteiger partial charge is 0.349 e. The Balaban J connectivity index is 1.45. The molecule has 2 aromatic rings. The summed E-state index contributed by atoms with van der Waals surface area (Å²) in [7, 11) is 2.64. The Hall–Kier alpha value is -3.91. The van der Waals surface area contributed by atoms with Gasteiger partial charge in [0.15, 0.2) is 9.68 Å². The van der Waals surface area contributed by atoms with Gasteiger partial charge in [-0.1, -0.05) is 44.4 Å². The van der Waals surface area contributed by atoms with Crippen LogP contribution in [0.2, 0.25) is 5.54 Å². The monoisotopic (exact) mass is 687 g/mol. The summed E-state index contributed by atoms with van der Waals surface area (Å²) in [5.74, 6) is -7.24. The van der Waals surface area contributed by atoms with Crippen molar-refractivity contribution in [2.75, 3.05) is 45.7 Å². The summed E-state index contributed by atoms with van der Waals surface area (Å²) in [4.78, 5) is 58.0. The third kappa shape index (κ3) is 9.59. The third-order valence-corrected chi connectivity index (χ3v) is 10.4. The first-order valence-corrected chi connectivity index (χ1v) is 17.4. The molecule has 10 nitrogen and oxygen atoms in total. The van der Waals surface area contributed by atoms with E-state index in [-0.39, 0.29) is 42.0 Å². The summed E-state index contributed by atoms with van der Waals surface area (Å²) >= 11 is 0. The average molecular weight is 688 g/mol. The van der Waals surface area contributed by atoms with Gasteiger partial charge in [-0.3, -0.25) is 19.2 Å². The van der Waals surface area contributed by atoms with Crippen LogP contribution < -0.4 is 20.4 Å². The van der Waals surface area contributed by atoms with Gasteiger partial charge >= 0.3 is 5.92 Å². The zero-order valence-corrected chi connectivity index (χ0v) is 28.6. The molecule has 260 valence electrons. The van der Waals surface area contributed by atoms with Crippen molar-refractivity contribution in [2.45, 2.75) is 69.4 Å². The zero-order valence-electron chi connectivity index (χ0n) is 27.6. The summed E-state index contributed by atoms with van der Waals surface area (Å²) in [6.45, 7) is 4.15. The van der Waals surface area contributed by atoms with Crippen LogP contribution in [-0.2, 0) is 31.5 Å². The lowest BCUT2D eigenvalue weighted by molar-refractivity contribution is -0.145. The number of ether oxygens (including phenoxy) is 1. The van der Waals surface area contributed by atoms with E-state index < -0.39 is 50.4 Å². The Morgan fingerprint density at radius 3 is 2.38 bits per heavy atom. The van der Waals surface area contributed by atoms with Gasteiger partial charge in [-0.15, -0.1) is 0 Å². The van der Waals surface area contributed by atoms with E-state index in [1.54, 1.807) is 17.9 Å². The molecule has 2 radical (unpaired) electrons. The molecule has 4 amide bonds. The Morgan fingerprint density at radius 2 is 1.73 bits per heavy atom. The minimum atomic E-state index is -3.86. The fourth-order valence-corrected chi connectivity index (χ4v) is 7.23. The van der Waals surface area contributed by atoms with E-state index in [1.807, 2.05) is 7.05 Å². The standard InChI is InChI=1S/C34H44F3N5O5Si/c1-4-29(43)38-28(32(45)42-17-15-41(2)16-18-42)20-22-13-14-27(26(35)19-22)39-31(44)30(23-9-6-5-7-10-23)48-40-33(46)34(36,37)24-11-8-12-25(21-24)47-3/h8,11-14,19,21,23,28,30H,4-7,9-10,15-18,20H2,1-3H3,(H,38,43)(H,39,44)(H,40,46)/t28-,30+/m1/s1. The van der Waals surface area contributed by atoms with E-state index in [4.69, 9.17) is 4.74 Å². The van der Waals surface area contributed by atoms with E-state index in [9.17, 15) is 19.2 Å². The molecule has 3 N–H and O–H groups in total. The first kappa shape index (κ1) is 36.9. The van der Waals surface area contributed by atoms with Crippen molar-refractivity contribution in [1.29, 1.82) is 0 Å². The van der Waals surface area contributed by atoms with Gasteiger partial charge in [0.05, 0.1) is 18.3 Å². The maximum Gasteiger partial charge on any atom is 0.349 e. The number of likely N-dealkylation sites (N-methyl/N-ethyl adjacent to an activating group) is 1. The van der Waals surface area contributed by atoms with Gasteiger partial charge in [0.25, 0.3) is 5.91 Å². The number of methoxy groups -OCH3 is 1. The summed E-state index contributed by atoms with van der Waals surface area (Å²) in [5.41, 5.74) is -1.04. The van der Waals surface area contributed by atoms with Gasteiger partial charge in [0.1, 0.15) is 17.6 Å². The number of hydrogen-bond donors (Lipinski definition) is 3. The summed E-state index contributed by atoms with van der Waals surface area (Å²) in [6.07, 6.45) is 4.31. The third-order valence-electron chi connectivity index (χ3n) is 8.96. The maximum atomic E-state index is 15.4. The summed E-state index contributed by atoms with van der Waals surface area (Å²) < 4.78 is 50.6. The summed E-state index contributed by atoms with van der Waals surface area (Å²) in [6, 6.07) is 8.37. The van der Waals surface area contributed by atoms with Crippen molar-refractivity contribution < 1.29 is 37.1 Å². The number of benzene rings is 2. The first-order valence-electron chi connectivity index (χ1n) is 16.4. The fraction of sp³-hybridized carbons (Fsp3) is 0.529. The number of halogens is 3. The molecule has 1 saturated heterocycles. The minimum absolute atomic E-state index is 0.0572. The molecule has 1 aliphatic heterocycles. The SMILES string of the molecule is CCC(=O)N[C@H](Cc1ccc(NC(=O)[C@@H]([Si]NC(=O)C(F)(F)c2cccc(OC)c2)C2CCCCC2)c(F)c1)C(=O)N1CCN(C)CC1. The van der Waals surface area contributed by atoms with Crippen LogP contribution in [0.3, 0.4) is 0 Å². The predicted octanol–water partition coefficient (Wildman–Crippen LogP) is 3.88. The number of piperazine rings is 1. The number of anilines is 1. The Bertz CT molecular complexity index is 1450. The summed E-state index contributed by atoms with van der Waals surface area (Å²) in [5, 5.41) is 5.37. The van der Waals surface area contributed by atoms with E-state index in [1.165, 1.54) is 31.4 Å². The van der Waals surface area contributed by atoms with Crippen LogP contribution in [0.25, 0.3) is 0 Å². The number of hydrogen-bond acceptors (Lipinski definition) is 6. The van der Waals surface area contributed by atoms with Crippen molar-refractivity contribution >= 4 is 39.0 Å². The van der Waals surface area contributed by atoms with Crippen LogP contribution in [0.1, 0.15) is 56.6 Å². The first-order chi connectivity index (χ1) is 22.9. The number of carbonyl (C=O) groups excluding carboxylic acids is 4. The van der Waals surface area contributed by atoms with Crippen molar-refractivity contribution in [1.82, 2.24) is 20.1 Å². The minimum Gasteiger partial charge on any atom is -0.497 e. The molecule has 0 aromatic heterocycles. The van der Waals surface area contributed by atoms with Gasteiger partial charge in [0.2, 0.25) is 17.7 Å². The molecule has 14 heteroatoms. The quantitative estimate of drug-likeness (QED) is 0.275. The average Bonchev–Trinajstić information content (AvgIpc) is 3.09. The van der Waals surface area contributed by atoms with Crippen LogP contribution in [0.4, 0.5) is 18.9 Å². The zero-order chi connectivity index (χ0) is 34.8. The molecule has 0 unspecified atom stereocenters. The van der Waals surface area contributed by atoms with Crippen LogP contribution in [0.5, 0.6) is 5.75 Å². The van der Waals surface area contributed by atoms with Gasteiger partial charge < -0.3 is 30.2 Å². The molecular formula is C34H44F3N5O5Si. The highest BCUT2D eigenvalue weighted by atomic mass is 28.2. The lowest BCUT2D eigenvalue weighted by atomic mass is 9.86. The molecule has 2 aliphatic rings. The molecule has 1 aliphatic carbocycles.